The second-order valence-electron chi connectivity index (χ2n) is 5.23. The zero-order valence-electron chi connectivity index (χ0n) is 13.1. The molecule has 24 heavy (non-hydrogen) atoms. The number of carbonyl (C=O) groups is 1. The van der Waals surface area contributed by atoms with Gasteiger partial charge in [-0.25, -0.2) is 9.80 Å². The van der Waals surface area contributed by atoms with Gasteiger partial charge in [-0.3, -0.25) is 10.1 Å². The predicted octanol–water partition coefficient (Wildman–Crippen LogP) is 3.36. The summed E-state index contributed by atoms with van der Waals surface area (Å²) in [5.41, 5.74) is -0.191. The van der Waals surface area contributed by atoms with Gasteiger partial charge in [0.05, 0.1) is 22.9 Å². The number of piperidine rings is 1. The van der Waals surface area contributed by atoms with E-state index in [-0.39, 0.29) is 29.0 Å². The zero-order chi connectivity index (χ0) is 17.7. The molecule has 0 unspecified atom stereocenters. The molecule has 1 aromatic carbocycles. The summed E-state index contributed by atoms with van der Waals surface area (Å²) < 4.78 is 4.94. The maximum absolute atomic E-state index is 11.7. The number of hydrogen-bond acceptors (Lipinski definition) is 6. The molecular weight excluding hydrogens is 340 g/mol. The molecule has 0 N–H and O–H groups in total. The third-order valence-electron chi connectivity index (χ3n) is 3.81. The SMILES string of the molecule is CCOC(=O)N1CCC(N(N=O)c2ccc(Cl)cc2[N+](=O)[O-])CC1. The van der Waals surface area contributed by atoms with Gasteiger partial charge in [0.25, 0.3) is 5.69 Å². The van der Waals surface area contributed by atoms with Gasteiger partial charge in [-0.1, -0.05) is 11.6 Å². The predicted molar refractivity (Wildman–Crippen MR) is 88.0 cm³/mol. The van der Waals surface area contributed by atoms with Crippen molar-refractivity contribution in [2.75, 3.05) is 24.7 Å². The van der Waals surface area contributed by atoms with Crippen LogP contribution in [-0.4, -0.2) is 41.7 Å². The Morgan fingerprint density at radius 2 is 2.17 bits per heavy atom. The fourth-order valence-electron chi connectivity index (χ4n) is 2.65. The van der Waals surface area contributed by atoms with Crippen molar-refractivity contribution < 1.29 is 14.5 Å². The van der Waals surface area contributed by atoms with Crippen molar-refractivity contribution in [2.45, 2.75) is 25.8 Å². The largest absolute Gasteiger partial charge is 0.450 e. The monoisotopic (exact) mass is 356 g/mol. The molecule has 0 atom stereocenters. The maximum Gasteiger partial charge on any atom is 0.409 e. The molecule has 1 aliphatic rings. The van der Waals surface area contributed by atoms with Crippen LogP contribution in [0.1, 0.15) is 19.8 Å². The first kappa shape index (κ1) is 17.9. The Morgan fingerprint density at radius 3 is 2.71 bits per heavy atom. The topological polar surface area (TPSA) is 105 Å². The van der Waals surface area contributed by atoms with E-state index < -0.39 is 11.0 Å². The number of carbonyl (C=O) groups excluding carboxylic acids is 1. The average molecular weight is 357 g/mol. The molecule has 1 fully saturated rings. The highest BCUT2D eigenvalue weighted by Gasteiger charge is 2.32. The molecule has 0 radical (unpaired) electrons. The Kier molecular flexibility index (Phi) is 5.91. The van der Waals surface area contributed by atoms with E-state index in [9.17, 15) is 19.8 Å². The summed E-state index contributed by atoms with van der Waals surface area (Å²) in [6.45, 7) is 2.79. The quantitative estimate of drug-likeness (QED) is 0.455. The van der Waals surface area contributed by atoms with Gasteiger partial charge >= 0.3 is 6.09 Å². The van der Waals surface area contributed by atoms with Gasteiger partial charge in [-0.05, 0) is 31.9 Å². The van der Waals surface area contributed by atoms with E-state index in [1.165, 1.54) is 18.2 Å². The number of hydrogen-bond donors (Lipinski definition) is 0. The summed E-state index contributed by atoms with van der Waals surface area (Å²) >= 11 is 5.79. The zero-order valence-corrected chi connectivity index (χ0v) is 13.8. The van der Waals surface area contributed by atoms with Crippen LogP contribution >= 0.6 is 11.6 Å². The molecule has 0 saturated carbocycles. The standard InChI is InChI=1S/C14H17ClN4O5/c1-2-24-14(20)17-7-5-11(6-8-17)18(16-21)12-4-3-10(15)9-13(12)19(22)23/h3-4,9,11H,2,5-8H2,1H3. The summed E-state index contributed by atoms with van der Waals surface area (Å²) in [7, 11) is 0. The smallest absolute Gasteiger partial charge is 0.409 e. The van der Waals surface area contributed by atoms with Crippen LogP contribution in [0, 0.1) is 15.0 Å². The molecule has 2 rings (SSSR count). The van der Waals surface area contributed by atoms with Gasteiger partial charge in [0.15, 0.2) is 0 Å². The van der Waals surface area contributed by atoms with Gasteiger partial charge in [0.1, 0.15) is 5.69 Å². The van der Waals surface area contributed by atoms with E-state index >= 15 is 0 Å². The summed E-state index contributed by atoms with van der Waals surface area (Å²) in [4.78, 5) is 35.1. The van der Waals surface area contributed by atoms with Crippen LogP contribution in [0.4, 0.5) is 16.2 Å². The fraction of sp³-hybridized carbons (Fsp3) is 0.500. The Morgan fingerprint density at radius 1 is 1.50 bits per heavy atom. The van der Waals surface area contributed by atoms with E-state index in [2.05, 4.69) is 5.29 Å². The second kappa shape index (κ2) is 7.91. The van der Waals surface area contributed by atoms with Crippen molar-refractivity contribution >= 4 is 29.1 Å². The van der Waals surface area contributed by atoms with Crippen LogP contribution in [0.25, 0.3) is 0 Å². The summed E-state index contributed by atoms with van der Waals surface area (Å²) in [6.07, 6.45) is 0.494. The van der Waals surface area contributed by atoms with E-state index in [0.717, 1.165) is 5.01 Å². The number of nitro groups is 1. The molecule has 0 spiro atoms. The highest BCUT2D eigenvalue weighted by Crippen LogP contribution is 2.34. The molecular formula is C14H17ClN4O5. The number of likely N-dealkylation sites (tertiary alicyclic amines) is 1. The first-order valence-corrected chi connectivity index (χ1v) is 7.83. The molecule has 10 heteroatoms. The number of benzene rings is 1. The van der Waals surface area contributed by atoms with E-state index in [1.807, 2.05) is 0 Å². The van der Waals surface area contributed by atoms with Gasteiger partial charge in [0.2, 0.25) is 0 Å². The summed E-state index contributed by atoms with van der Waals surface area (Å²) in [5.74, 6) is 0. The highest BCUT2D eigenvalue weighted by atomic mass is 35.5. The summed E-state index contributed by atoms with van der Waals surface area (Å²) in [5, 5.41) is 15.5. The van der Waals surface area contributed by atoms with Crippen LogP contribution in [0.3, 0.4) is 0 Å². The third-order valence-corrected chi connectivity index (χ3v) is 4.04. The molecule has 130 valence electrons. The van der Waals surface area contributed by atoms with Crippen LogP contribution in [0.5, 0.6) is 0 Å². The van der Waals surface area contributed by atoms with Gasteiger partial charge in [0, 0.05) is 24.2 Å². The van der Waals surface area contributed by atoms with Crippen molar-refractivity contribution in [1.82, 2.24) is 4.90 Å². The number of rotatable bonds is 5. The molecule has 0 aliphatic carbocycles. The molecule has 1 aliphatic heterocycles. The van der Waals surface area contributed by atoms with Crippen molar-refractivity contribution in [3.8, 4) is 0 Å². The lowest BCUT2D eigenvalue weighted by Gasteiger charge is -2.34. The molecule has 9 nitrogen and oxygen atoms in total. The minimum atomic E-state index is -0.604. The third kappa shape index (κ3) is 3.91. The Bertz CT molecular complexity index is 634. The van der Waals surface area contributed by atoms with Crippen LogP contribution < -0.4 is 5.01 Å². The summed E-state index contributed by atoms with van der Waals surface area (Å²) in [6, 6.07) is 3.71. The van der Waals surface area contributed by atoms with E-state index in [1.54, 1.807) is 11.8 Å². The first-order valence-electron chi connectivity index (χ1n) is 7.46. The first-order chi connectivity index (χ1) is 11.5. The average Bonchev–Trinajstić information content (AvgIpc) is 2.57. The van der Waals surface area contributed by atoms with Gasteiger partial charge in [-0.15, -0.1) is 4.91 Å². The minimum Gasteiger partial charge on any atom is -0.450 e. The molecule has 0 aromatic heterocycles. The number of ether oxygens (including phenoxy) is 1. The Balaban J connectivity index is 2.15. The highest BCUT2D eigenvalue weighted by molar-refractivity contribution is 6.30. The molecule has 1 saturated heterocycles. The molecule has 1 heterocycles. The lowest BCUT2D eigenvalue weighted by Crippen LogP contribution is -2.45. The minimum absolute atomic E-state index is 0.0917. The van der Waals surface area contributed by atoms with Gasteiger partial charge < -0.3 is 9.64 Å². The van der Waals surface area contributed by atoms with Crippen molar-refractivity contribution in [3.63, 3.8) is 0 Å². The lowest BCUT2D eigenvalue weighted by atomic mass is 10.0. The Labute approximate surface area is 143 Å². The molecule has 1 amide bonds. The lowest BCUT2D eigenvalue weighted by molar-refractivity contribution is -0.384. The number of nitro benzene ring substituents is 1. The second-order valence-corrected chi connectivity index (χ2v) is 5.67. The van der Waals surface area contributed by atoms with Crippen molar-refractivity contribution in [2.24, 2.45) is 5.29 Å². The van der Waals surface area contributed by atoms with Crippen LogP contribution in [0.2, 0.25) is 5.02 Å². The number of nitroso groups, excluding NO2 is 1. The van der Waals surface area contributed by atoms with Crippen LogP contribution in [-0.2, 0) is 4.74 Å². The van der Waals surface area contributed by atoms with Crippen molar-refractivity contribution in [1.29, 1.82) is 0 Å². The number of amides is 1. The van der Waals surface area contributed by atoms with Crippen LogP contribution in [0.15, 0.2) is 23.5 Å². The van der Waals surface area contributed by atoms with Crippen molar-refractivity contribution in [3.05, 3.63) is 38.2 Å². The van der Waals surface area contributed by atoms with Gasteiger partial charge in [-0.2, -0.15) is 0 Å². The fourth-order valence-corrected chi connectivity index (χ4v) is 2.82. The number of nitrogens with zero attached hydrogens (tertiary/aromatic N) is 4. The van der Waals surface area contributed by atoms with E-state index in [0.29, 0.717) is 25.9 Å². The maximum atomic E-state index is 11.7. The Hall–Kier alpha value is -2.42. The number of halogens is 1. The van der Waals surface area contributed by atoms with E-state index in [4.69, 9.17) is 16.3 Å². The number of anilines is 1. The normalized spacial score (nSPS) is 15.0. The molecule has 0 bridgehead atoms. The molecule has 1 aromatic rings.